The molecule has 10 heteroatoms. The second-order valence-corrected chi connectivity index (χ2v) is 10.1. The van der Waals surface area contributed by atoms with Crippen LogP contribution < -0.4 is 14.5 Å². The largest absolute Gasteiger partial charge is 0.324 e. The Morgan fingerprint density at radius 2 is 1.86 bits per heavy atom. The Labute approximate surface area is 177 Å². The number of thiazole rings is 1. The number of benzene rings is 2. The minimum absolute atomic E-state index is 0.0272. The van der Waals surface area contributed by atoms with Crippen molar-refractivity contribution in [3.05, 3.63) is 57.2 Å². The van der Waals surface area contributed by atoms with Gasteiger partial charge < -0.3 is 5.32 Å². The normalized spacial score (nSPS) is 11.8. The number of halogens is 1. The first-order valence-electron chi connectivity index (χ1n) is 8.74. The van der Waals surface area contributed by atoms with Gasteiger partial charge in [-0.05, 0) is 56.3 Å². The number of carbonyl (C=O) groups is 1. The van der Waals surface area contributed by atoms with Crippen LogP contribution in [0.2, 0.25) is 5.02 Å². The third kappa shape index (κ3) is 4.80. The second-order valence-electron chi connectivity index (χ2n) is 6.81. The average Bonchev–Trinajstić information content (AvgIpc) is 2.95. The summed E-state index contributed by atoms with van der Waals surface area (Å²) >= 11 is 6.96. The van der Waals surface area contributed by atoms with Crippen LogP contribution in [0.1, 0.15) is 19.9 Å². The number of nitrogens with one attached hydrogen (secondary N) is 1. The number of nitrogens with zero attached hydrogens (tertiary/aromatic N) is 2. The van der Waals surface area contributed by atoms with Crippen molar-refractivity contribution in [1.29, 1.82) is 0 Å². The number of aromatic nitrogens is 1. The number of hydrogen-bond donors (Lipinski definition) is 1. The van der Waals surface area contributed by atoms with Crippen LogP contribution in [0.25, 0.3) is 10.2 Å². The quantitative estimate of drug-likeness (QED) is 0.616. The fraction of sp³-hybridized carbons (Fsp3) is 0.263. The Kier molecular flexibility index (Phi) is 6.02. The van der Waals surface area contributed by atoms with Gasteiger partial charge in [-0.2, -0.15) is 0 Å². The molecule has 0 saturated heterocycles. The van der Waals surface area contributed by atoms with Crippen LogP contribution >= 0.6 is 22.9 Å². The van der Waals surface area contributed by atoms with Crippen molar-refractivity contribution in [1.82, 2.24) is 4.57 Å². The number of fused-ring (bicyclic) bond motifs is 1. The van der Waals surface area contributed by atoms with Crippen molar-refractivity contribution in [3.8, 4) is 0 Å². The summed E-state index contributed by atoms with van der Waals surface area (Å²) < 4.78 is 27.8. The second kappa shape index (κ2) is 8.17. The van der Waals surface area contributed by atoms with Gasteiger partial charge in [0.2, 0.25) is 15.9 Å². The van der Waals surface area contributed by atoms with Gasteiger partial charge in [0.15, 0.2) is 0 Å². The number of rotatable bonds is 6. The molecule has 3 aromatic rings. The molecule has 154 valence electrons. The minimum atomic E-state index is -3.68. The highest BCUT2D eigenvalue weighted by atomic mass is 35.5. The van der Waals surface area contributed by atoms with Crippen LogP contribution in [0.3, 0.4) is 0 Å². The molecule has 2 aromatic carbocycles. The van der Waals surface area contributed by atoms with E-state index in [0.29, 0.717) is 16.4 Å². The molecular formula is C19H20ClN3O4S2. The van der Waals surface area contributed by atoms with Gasteiger partial charge in [-0.25, -0.2) is 8.42 Å². The van der Waals surface area contributed by atoms with Crippen LogP contribution in [0.15, 0.2) is 47.3 Å². The molecular weight excluding hydrogens is 434 g/mol. The van der Waals surface area contributed by atoms with E-state index in [1.807, 2.05) is 13.8 Å². The molecule has 7 nitrogen and oxygen atoms in total. The van der Waals surface area contributed by atoms with E-state index in [4.69, 9.17) is 11.6 Å². The number of amides is 1. The molecule has 1 N–H and O–H groups in total. The standard InChI is InChI=1S/C19H20ClN3O4S2/c1-12(2)23-16-9-6-14(10-17(16)28-19(23)25)21-18(24)11-22(29(3,26)27)15-7-4-13(20)5-8-15/h4-10,12H,11H2,1-3H3,(H,21,24). The molecule has 0 bridgehead atoms. The summed E-state index contributed by atoms with van der Waals surface area (Å²) in [4.78, 5) is 24.6. The lowest BCUT2D eigenvalue weighted by Gasteiger charge is -2.22. The maximum Gasteiger partial charge on any atom is 0.308 e. The first kappa shape index (κ1) is 21.4. The molecule has 0 unspecified atom stereocenters. The fourth-order valence-electron chi connectivity index (χ4n) is 2.94. The van der Waals surface area contributed by atoms with E-state index < -0.39 is 15.9 Å². The highest BCUT2D eigenvalue weighted by Crippen LogP contribution is 2.25. The minimum Gasteiger partial charge on any atom is -0.324 e. The lowest BCUT2D eigenvalue weighted by molar-refractivity contribution is -0.114. The number of sulfonamides is 1. The van der Waals surface area contributed by atoms with Crippen molar-refractivity contribution < 1.29 is 13.2 Å². The van der Waals surface area contributed by atoms with Crippen LogP contribution in [0.4, 0.5) is 11.4 Å². The molecule has 0 spiro atoms. The van der Waals surface area contributed by atoms with E-state index in [2.05, 4.69) is 5.32 Å². The summed E-state index contributed by atoms with van der Waals surface area (Å²) in [5.74, 6) is -0.500. The summed E-state index contributed by atoms with van der Waals surface area (Å²) in [6.45, 7) is 3.47. The van der Waals surface area contributed by atoms with E-state index in [1.54, 1.807) is 34.9 Å². The van der Waals surface area contributed by atoms with Crippen LogP contribution in [0, 0.1) is 0 Å². The van der Waals surface area contributed by atoms with E-state index in [1.165, 1.54) is 12.1 Å². The molecule has 0 fully saturated rings. The van der Waals surface area contributed by atoms with Crippen LogP contribution in [-0.4, -0.2) is 31.7 Å². The maximum absolute atomic E-state index is 12.5. The Morgan fingerprint density at radius 1 is 1.21 bits per heavy atom. The van der Waals surface area contributed by atoms with Crippen LogP contribution in [-0.2, 0) is 14.8 Å². The smallest absolute Gasteiger partial charge is 0.308 e. The van der Waals surface area contributed by atoms with Gasteiger partial charge in [-0.15, -0.1) is 0 Å². The van der Waals surface area contributed by atoms with Crippen LogP contribution in [0.5, 0.6) is 0 Å². The molecule has 0 saturated carbocycles. The summed E-state index contributed by atoms with van der Waals surface area (Å²) in [7, 11) is -3.68. The maximum atomic E-state index is 12.5. The molecule has 0 atom stereocenters. The Morgan fingerprint density at radius 3 is 2.45 bits per heavy atom. The van der Waals surface area contributed by atoms with E-state index in [9.17, 15) is 18.0 Å². The highest BCUT2D eigenvalue weighted by Gasteiger charge is 2.21. The van der Waals surface area contributed by atoms with E-state index >= 15 is 0 Å². The topological polar surface area (TPSA) is 88.5 Å². The van der Waals surface area contributed by atoms with E-state index in [-0.39, 0.29) is 17.5 Å². The molecule has 0 aliphatic carbocycles. The summed E-state index contributed by atoms with van der Waals surface area (Å²) in [6, 6.07) is 11.4. The first-order chi connectivity index (χ1) is 13.6. The third-order valence-electron chi connectivity index (χ3n) is 4.22. The average molecular weight is 454 g/mol. The monoisotopic (exact) mass is 453 g/mol. The summed E-state index contributed by atoms with van der Waals surface area (Å²) in [5, 5.41) is 3.17. The van der Waals surface area contributed by atoms with Crippen molar-refractivity contribution in [2.45, 2.75) is 19.9 Å². The van der Waals surface area contributed by atoms with Gasteiger partial charge in [-0.1, -0.05) is 22.9 Å². The molecule has 0 aliphatic heterocycles. The van der Waals surface area contributed by atoms with Crippen molar-refractivity contribution in [2.24, 2.45) is 0 Å². The van der Waals surface area contributed by atoms with E-state index in [0.717, 1.165) is 32.1 Å². The summed E-state index contributed by atoms with van der Waals surface area (Å²) in [5.41, 5.74) is 1.63. The molecule has 0 radical (unpaired) electrons. The Bertz CT molecular complexity index is 1210. The number of carbonyl (C=O) groups excluding carboxylic acids is 1. The zero-order valence-electron chi connectivity index (χ0n) is 16.0. The van der Waals surface area contributed by atoms with Gasteiger partial charge in [0.25, 0.3) is 0 Å². The van der Waals surface area contributed by atoms with Crippen molar-refractivity contribution in [3.63, 3.8) is 0 Å². The van der Waals surface area contributed by atoms with Gasteiger partial charge in [-0.3, -0.25) is 18.5 Å². The molecule has 1 heterocycles. The predicted molar refractivity (Wildman–Crippen MR) is 119 cm³/mol. The number of anilines is 2. The molecule has 3 rings (SSSR count). The molecule has 29 heavy (non-hydrogen) atoms. The molecule has 1 amide bonds. The zero-order chi connectivity index (χ0) is 21.3. The Balaban J connectivity index is 1.83. The predicted octanol–water partition coefficient (Wildman–Crippen LogP) is 3.70. The SMILES string of the molecule is CC(C)n1c(=O)sc2cc(NC(=O)CN(c3ccc(Cl)cc3)S(C)(=O)=O)ccc21. The fourth-order valence-corrected chi connectivity index (χ4v) is 4.98. The number of hydrogen-bond acceptors (Lipinski definition) is 5. The molecule has 1 aromatic heterocycles. The molecule has 0 aliphatic rings. The lowest BCUT2D eigenvalue weighted by atomic mass is 10.2. The van der Waals surface area contributed by atoms with Gasteiger partial charge in [0.1, 0.15) is 6.54 Å². The lowest BCUT2D eigenvalue weighted by Crippen LogP contribution is -2.37. The van der Waals surface area contributed by atoms with Gasteiger partial charge in [0.05, 0.1) is 22.2 Å². The first-order valence-corrected chi connectivity index (χ1v) is 11.8. The van der Waals surface area contributed by atoms with Gasteiger partial charge >= 0.3 is 4.87 Å². The summed E-state index contributed by atoms with van der Waals surface area (Å²) in [6.07, 6.45) is 1.03. The zero-order valence-corrected chi connectivity index (χ0v) is 18.4. The van der Waals surface area contributed by atoms with Gasteiger partial charge in [0, 0.05) is 16.8 Å². The van der Waals surface area contributed by atoms with Crippen molar-refractivity contribution >= 4 is 60.5 Å². The Hall–Kier alpha value is -2.36. The third-order valence-corrected chi connectivity index (χ3v) is 6.53. The van der Waals surface area contributed by atoms with Crippen molar-refractivity contribution in [2.75, 3.05) is 22.4 Å². The highest BCUT2D eigenvalue weighted by molar-refractivity contribution is 7.92.